The van der Waals surface area contributed by atoms with Gasteiger partial charge in [-0.05, 0) is 43.7 Å². The van der Waals surface area contributed by atoms with Crippen LogP contribution in [-0.2, 0) is 18.2 Å². The number of fused-ring (bicyclic) bond motifs is 1. The van der Waals surface area contributed by atoms with Gasteiger partial charge in [0.05, 0.1) is 23.2 Å². The number of anilines is 1. The Hall–Kier alpha value is -3.13. The molecule has 0 radical (unpaired) electrons. The molecule has 3 rings (SSSR count). The van der Waals surface area contributed by atoms with Gasteiger partial charge >= 0.3 is 6.09 Å². The lowest BCUT2D eigenvalue weighted by Crippen LogP contribution is -2.25. The van der Waals surface area contributed by atoms with Crippen LogP contribution >= 0.6 is 11.6 Å². The summed E-state index contributed by atoms with van der Waals surface area (Å²) in [5.74, 6) is 0.713. The smallest absolute Gasteiger partial charge is 0.411 e. The van der Waals surface area contributed by atoms with Crippen molar-refractivity contribution >= 4 is 40.3 Å². The molecular weight excluding hydrogens is 394 g/mol. The number of carbonyl (C=O) groups is 2. The molecule has 152 valence electrons. The highest BCUT2D eigenvalue weighted by Gasteiger charge is 2.11. The Bertz CT molecular complexity index is 1020. The van der Waals surface area contributed by atoms with Crippen molar-refractivity contribution in [2.24, 2.45) is 7.05 Å². The van der Waals surface area contributed by atoms with Crippen LogP contribution < -0.4 is 10.6 Å². The molecule has 1 aromatic carbocycles. The standard InChI is InChI=1S/C20H22ClN5O3/c1-3-29-20(28)24-14-7-8-16-15(11-14)25-18(26(16)2)5-4-10-22-19(27)13-6-9-17(21)23-12-13/h6-9,11-12H,3-5,10H2,1-2H3,(H,22,27)(H,24,28). The molecule has 0 aliphatic rings. The zero-order valence-corrected chi connectivity index (χ0v) is 17.0. The third-order valence-electron chi connectivity index (χ3n) is 4.35. The normalized spacial score (nSPS) is 10.7. The molecule has 0 spiro atoms. The van der Waals surface area contributed by atoms with Crippen LogP contribution in [-0.4, -0.2) is 39.7 Å². The molecule has 29 heavy (non-hydrogen) atoms. The van der Waals surface area contributed by atoms with E-state index in [0.29, 0.717) is 36.0 Å². The van der Waals surface area contributed by atoms with Crippen LogP contribution in [0.5, 0.6) is 0 Å². The van der Waals surface area contributed by atoms with Crippen LogP contribution in [0.1, 0.15) is 29.5 Å². The number of nitrogens with one attached hydrogen (secondary N) is 2. The summed E-state index contributed by atoms with van der Waals surface area (Å²) in [6.45, 7) is 2.58. The van der Waals surface area contributed by atoms with Crippen molar-refractivity contribution in [2.45, 2.75) is 19.8 Å². The number of ether oxygens (including phenoxy) is 1. The number of amides is 2. The van der Waals surface area contributed by atoms with Crippen molar-refractivity contribution in [1.82, 2.24) is 19.9 Å². The number of aromatic nitrogens is 3. The molecule has 0 atom stereocenters. The zero-order valence-electron chi connectivity index (χ0n) is 16.2. The van der Waals surface area contributed by atoms with Gasteiger partial charge < -0.3 is 14.6 Å². The lowest BCUT2D eigenvalue weighted by atomic mass is 10.2. The Morgan fingerprint density at radius 1 is 1.24 bits per heavy atom. The lowest BCUT2D eigenvalue weighted by Gasteiger charge is -2.06. The van der Waals surface area contributed by atoms with Gasteiger partial charge in [-0.3, -0.25) is 10.1 Å². The molecule has 2 heterocycles. The summed E-state index contributed by atoms with van der Waals surface area (Å²) in [5.41, 5.74) is 2.85. The molecule has 0 aliphatic carbocycles. The number of rotatable bonds is 7. The predicted octanol–water partition coefficient (Wildman–Crippen LogP) is 3.55. The van der Waals surface area contributed by atoms with Crippen LogP contribution in [0.3, 0.4) is 0 Å². The molecule has 0 bridgehead atoms. The van der Waals surface area contributed by atoms with Gasteiger partial charge in [0.2, 0.25) is 0 Å². The molecule has 0 saturated carbocycles. The summed E-state index contributed by atoms with van der Waals surface area (Å²) in [6.07, 6.45) is 2.39. The maximum atomic E-state index is 12.1. The molecule has 9 heteroatoms. The van der Waals surface area contributed by atoms with E-state index in [1.54, 1.807) is 19.1 Å². The maximum absolute atomic E-state index is 12.1. The van der Waals surface area contributed by atoms with Gasteiger partial charge in [0.1, 0.15) is 11.0 Å². The number of imidazole rings is 1. The molecule has 0 aliphatic heterocycles. The van der Waals surface area contributed by atoms with E-state index in [0.717, 1.165) is 23.3 Å². The monoisotopic (exact) mass is 415 g/mol. The molecule has 0 unspecified atom stereocenters. The Morgan fingerprint density at radius 3 is 2.79 bits per heavy atom. The van der Waals surface area contributed by atoms with E-state index in [4.69, 9.17) is 16.3 Å². The Balaban J connectivity index is 1.57. The maximum Gasteiger partial charge on any atom is 0.411 e. The van der Waals surface area contributed by atoms with Crippen molar-refractivity contribution in [2.75, 3.05) is 18.5 Å². The number of nitrogens with zero attached hydrogens (tertiary/aromatic N) is 3. The van der Waals surface area contributed by atoms with Crippen molar-refractivity contribution < 1.29 is 14.3 Å². The van der Waals surface area contributed by atoms with Crippen LogP contribution in [0.25, 0.3) is 11.0 Å². The third kappa shape index (κ3) is 5.23. The van der Waals surface area contributed by atoms with Crippen LogP contribution in [0.15, 0.2) is 36.5 Å². The van der Waals surface area contributed by atoms with Crippen molar-refractivity contribution in [3.05, 3.63) is 53.1 Å². The van der Waals surface area contributed by atoms with Crippen molar-refractivity contribution in [3.8, 4) is 0 Å². The topological polar surface area (TPSA) is 98.1 Å². The van der Waals surface area contributed by atoms with Gasteiger partial charge in [-0.15, -0.1) is 0 Å². The number of benzene rings is 1. The summed E-state index contributed by atoms with van der Waals surface area (Å²) in [5, 5.41) is 5.89. The second kappa shape index (κ2) is 9.38. The van der Waals surface area contributed by atoms with Crippen molar-refractivity contribution in [3.63, 3.8) is 0 Å². The van der Waals surface area contributed by atoms with E-state index in [1.165, 1.54) is 6.20 Å². The average Bonchev–Trinajstić information content (AvgIpc) is 3.01. The molecular formula is C20H22ClN5O3. The van der Waals surface area contributed by atoms with Crippen LogP contribution in [0.2, 0.25) is 5.15 Å². The predicted molar refractivity (Wildman–Crippen MR) is 111 cm³/mol. The van der Waals surface area contributed by atoms with Gasteiger partial charge in [0, 0.05) is 31.9 Å². The largest absolute Gasteiger partial charge is 0.450 e. The average molecular weight is 416 g/mol. The van der Waals surface area contributed by atoms with E-state index in [2.05, 4.69) is 20.6 Å². The molecule has 8 nitrogen and oxygen atoms in total. The van der Waals surface area contributed by atoms with E-state index in [-0.39, 0.29) is 5.91 Å². The molecule has 2 N–H and O–H groups in total. The highest BCUT2D eigenvalue weighted by atomic mass is 35.5. The highest BCUT2D eigenvalue weighted by Crippen LogP contribution is 2.20. The highest BCUT2D eigenvalue weighted by molar-refractivity contribution is 6.29. The van der Waals surface area contributed by atoms with Gasteiger partial charge in [-0.1, -0.05) is 11.6 Å². The minimum atomic E-state index is -0.491. The first-order valence-corrected chi connectivity index (χ1v) is 9.64. The summed E-state index contributed by atoms with van der Waals surface area (Å²) in [4.78, 5) is 32.2. The molecule has 0 saturated heterocycles. The Morgan fingerprint density at radius 2 is 2.07 bits per heavy atom. The van der Waals surface area contributed by atoms with E-state index in [1.807, 2.05) is 29.8 Å². The second-order valence-electron chi connectivity index (χ2n) is 6.37. The van der Waals surface area contributed by atoms with E-state index >= 15 is 0 Å². The number of carbonyl (C=O) groups excluding carboxylic acids is 2. The quantitative estimate of drug-likeness (QED) is 0.454. The second-order valence-corrected chi connectivity index (χ2v) is 6.75. The Labute approximate surface area is 173 Å². The summed E-state index contributed by atoms with van der Waals surface area (Å²) in [7, 11) is 1.95. The first kappa shape index (κ1) is 20.6. The number of hydrogen-bond acceptors (Lipinski definition) is 5. The van der Waals surface area contributed by atoms with Gasteiger partial charge in [-0.2, -0.15) is 0 Å². The number of halogens is 1. The lowest BCUT2D eigenvalue weighted by molar-refractivity contribution is 0.0952. The zero-order chi connectivity index (χ0) is 20.8. The number of hydrogen-bond donors (Lipinski definition) is 2. The number of aryl methyl sites for hydroxylation is 2. The SMILES string of the molecule is CCOC(=O)Nc1ccc2c(c1)nc(CCCNC(=O)c1ccc(Cl)nc1)n2C. The van der Waals surface area contributed by atoms with Crippen LogP contribution in [0.4, 0.5) is 10.5 Å². The first-order chi connectivity index (χ1) is 14.0. The molecule has 0 fully saturated rings. The minimum absolute atomic E-state index is 0.186. The fraction of sp³-hybridized carbons (Fsp3) is 0.300. The summed E-state index contributed by atoms with van der Waals surface area (Å²) in [6, 6.07) is 8.75. The molecule has 2 aromatic heterocycles. The van der Waals surface area contributed by atoms with E-state index < -0.39 is 6.09 Å². The third-order valence-corrected chi connectivity index (χ3v) is 4.57. The number of pyridine rings is 1. The van der Waals surface area contributed by atoms with Crippen molar-refractivity contribution in [1.29, 1.82) is 0 Å². The van der Waals surface area contributed by atoms with E-state index in [9.17, 15) is 9.59 Å². The minimum Gasteiger partial charge on any atom is -0.450 e. The molecule has 2 amide bonds. The fourth-order valence-corrected chi connectivity index (χ4v) is 3.01. The van der Waals surface area contributed by atoms with Gasteiger partial charge in [0.25, 0.3) is 5.91 Å². The van der Waals surface area contributed by atoms with Crippen LogP contribution in [0, 0.1) is 0 Å². The fourth-order valence-electron chi connectivity index (χ4n) is 2.90. The summed E-state index contributed by atoms with van der Waals surface area (Å²) < 4.78 is 6.90. The first-order valence-electron chi connectivity index (χ1n) is 9.27. The van der Waals surface area contributed by atoms with Gasteiger partial charge in [0.15, 0.2) is 0 Å². The Kier molecular flexibility index (Phi) is 6.66. The summed E-state index contributed by atoms with van der Waals surface area (Å²) >= 11 is 5.73. The molecule has 3 aromatic rings. The van der Waals surface area contributed by atoms with Gasteiger partial charge in [-0.25, -0.2) is 14.8 Å².